The van der Waals surface area contributed by atoms with Crippen molar-refractivity contribution in [2.45, 2.75) is 32.4 Å². The third-order valence-electron chi connectivity index (χ3n) is 2.44. The number of aliphatic hydroxyl groups is 1. The number of hydrogen-bond acceptors (Lipinski definition) is 3. The van der Waals surface area contributed by atoms with Gasteiger partial charge < -0.3 is 10.4 Å². The Morgan fingerprint density at radius 3 is 3.00 bits per heavy atom. The summed E-state index contributed by atoms with van der Waals surface area (Å²) < 4.78 is 0. The van der Waals surface area contributed by atoms with Crippen LogP contribution in [0.4, 0.5) is 0 Å². The highest BCUT2D eigenvalue weighted by atomic mass is 16.3. The minimum absolute atomic E-state index is 0.197. The molecule has 72 valence electrons. The summed E-state index contributed by atoms with van der Waals surface area (Å²) in [6.07, 6.45) is 0.969. The Labute approximate surface area is 74.8 Å². The number of aliphatic hydroxyl groups excluding tert-OH is 1. The van der Waals surface area contributed by atoms with Crippen molar-refractivity contribution in [2.75, 3.05) is 26.2 Å². The van der Waals surface area contributed by atoms with Crippen LogP contribution < -0.4 is 5.32 Å². The minimum Gasteiger partial charge on any atom is -0.392 e. The number of piperazine rings is 1. The first kappa shape index (κ1) is 9.96. The number of hydrogen-bond donors (Lipinski definition) is 2. The average Bonchev–Trinajstić information content (AvgIpc) is 2.04. The molecule has 0 unspecified atom stereocenters. The van der Waals surface area contributed by atoms with E-state index in [0.717, 1.165) is 26.2 Å². The van der Waals surface area contributed by atoms with E-state index in [1.807, 2.05) is 6.92 Å². The molecule has 3 nitrogen and oxygen atoms in total. The molecule has 1 fully saturated rings. The van der Waals surface area contributed by atoms with Gasteiger partial charge in [-0.15, -0.1) is 0 Å². The van der Waals surface area contributed by atoms with Gasteiger partial charge in [-0.05, 0) is 13.3 Å². The van der Waals surface area contributed by atoms with Gasteiger partial charge in [-0.25, -0.2) is 0 Å². The Hall–Kier alpha value is -0.120. The van der Waals surface area contributed by atoms with Crippen LogP contribution in [0, 0.1) is 0 Å². The predicted molar refractivity (Wildman–Crippen MR) is 50.2 cm³/mol. The van der Waals surface area contributed by atoms with Gasteiger partial charge in [-0.1, -0.05) is 6.92 Å². The quantitative estimate of drug-likeness (QED) is 0.631. The first-order chi connectivity index (χ1) is 5.74. The topological polar surface area (TPSA) is 35.5 Å². The normalized spacial score (nSPS) is 28.8. The molecule has 0 aromatic carbocycles. The third-order valence-corrected chi connectivity index (χ3v) is 2.44. The molecule has 1 aliphatic rings. The molecule has 0 aliphatic carbocycles. The molecule has 2 N–H and O–H groups in total. The number of nitrogens with one attached hydrogen (secondary N) is 1. The van der Waals surface area contributed by atoms with E-state index in [-0.39, 0.29) is 6.10 Å². The molecule has 0 bridgehead atoms. The second-order valence-corrected chi connectivity index (χ2v) is 3.61. The highest BCUT2D eigenvalue weighted by molar-refractivity contribution is 4.79. The lowest BCUT2D eigenvalue weighted by Gasteiger charge is -2.36. The molecule has 1 heterocycles. The Balaban J connectivity index is 2.36. The van der Waals surface area contributed by atoms with Crippen LogP contribution in [0.25, 0.3) is 0 Å². The maximum atomic E-state index is 9.26. The lowest BCUT2D eigenvalue weighted by atomic mass is 10.1. The summed E-state index contributed by atoms with van der Waals surface area (Å²) in [5.41, 5.74) is 0. The molecule has 0 amide bonds. The highest BCUT2D eigenvalue weighted by Crippen LogP contribution is 2.07. The van der Waals surface area contributed by atoms with E-state index in [1.165, 1.54) is 6.42 Å². The van der Waals surface area contributed by atoms with Crippen molar-refractivity contribution in [3.05, 3.63) is 0 Å². The van der Waals surface area contributed by atoms with Crippen LogP contribution in [-0.2, 0) is 0 Å². The molecular weight excluding hydrogens is 152 g/mol. The van der Waals surface area contributed by atoms with E-state index in [9.17, 15) is 5.11 Å². The minimum atomic E-state index is -0.197. The molecule has 1 rings (SSSR count). The zero-order chi connectivity index (χ0) is 8.97. The van der Waals surface area contributed by atoms with Gasteiger partial charge in [0.2, 0.25) is 0 Å². The summed E-state index contributed by atoms with van der Waals surface area (Å²) in [6, 6.07) is 0.619. The summed E-state index contributed by atoms with van der Waals surface area (Å²) in [5, 5.41) is 12.6. The maximum absolute atomic E-state index is 9.26. The summed E-state index contributed by atoms with van der Waals surface area (Å²) in [5.74, 6) is 0. The lowest BCUT2D eigenvalue weighted by molar-refractivity contribution is 0.0819. The largest absolute Gasteiger partial charge is 0.392 e. The molecule has 0 aromatic heterocycles. The van der Waals surface area contributed by atoms with Crippen LogP contribution in [0.3, 0.4) is 0 Å². The molecule has 0 spiro atoms. The lowest BCUT2D eigenvalue weighted by Crippen LogP contribution is -2.52. The van der Waals surface area contributed by atoms with Gasteiger partial charge in [-0.3, -0.25) is 4.90 Å². The monoisotopic (exact) mass is 172 g/mol. The van der Waals surface area contributed by atoms with Crippen molar-refractivity contribution < 1.29 is 5.11 Å². The van der Waals surface area contributed by atoms with Crippen molar-refractivity contribution in [2.24, 2.45) is 0 Å². The second kappa shape index (κ2) is 4.80. The van der Waals surface area contributed by atoms with Gasteiger partial charge in [0.25, 0.3) is 0 Å². The smallest absolute Gasteiger partial charge is 0.0639 e. The fraction of sp³-hybridized carbons (Fsp3) is 1.00. The van der Waals surface area contributed by atoms with Crippen LogP contribution in [0.5, 0.6) is 0 Å². The molecule has 0 aromatic rings. The van der Waals surface area contributed by atoms with E-state index < -0.39 is 0 Å². The molecule has 1 aliphatic heterocycles. The fourth-order valence-corrected chi connectivity index (χ4v) is 1.79. The highest BCUT2D eigenvalue weighted by Gasteiger charge is 2.20. The molecule has 0 radical (unpaired) electrons. The molecule has 0 saturated carbocycles. The Morgan fingerprint density at radius 1 is 1.67 bits per heavy atom. The number of rotatable bonds is 3. The van der Waals surface area contributed by atoms with Crippen molar-refractivity contribution in [1.82, 2.24) is 10.2 Å². The van der Waals surface area contributed by atoms with Crippen molar-refractivity contribution in [1.29, 1.82) is 0 Å². The molecule has 3 heteroatoms. The summed E-state index contributed by atoms with van der Waals surface area (Å²) in [7, 11) is 0. The van der Waals surface area contributed by atoms with E-state index in [2.05, 4.69) is 17.1 Å². The van der Waals surface area contributed by atoms with Gasteiger partial charge in [-0.2, -0.15) is 0 Å². The van der Waals surface area contributed by atoms with Gasteiger partial charge >= 0.3 is 0 Å². The standard InChI is InChI=1S/C9H20N2O/c1-3-9-6-10-4-5-11(9)7-8(2)12/h8-10,12H,3-7H2,1-2H3/t8-,9-/m1/s1. The SMILES string of the molecule is CC[C@@H]1CNCCN1C[C@@H](C)O. The average molecular weight is 172 g/mol. The van der Waals surface area contributed by atoms with Gasteiger partial charge in [0, 0.05) is 32.2 Å². The molecular formula is C9H20N2O. The summed E-state index contributed by atoms with van der Waals surface area (Å²) >= 11 is 0. The Bertz CT molecular complexity index is 128. The Morgan fingerprint density at radius 2 is 2.42 bits per heavy atom. The second-order valence-electron chi connectivity index (χ2n) is 3.61. The van der Waals surface area contributed by atoms with Gasteiger partial charge in [0.1, 0.15) is 0 Å². The van der Waals surface area contributed by atoms with Crippen molar-refractivity contribution >= 4 is 0 Å². The van der Waals surface area contributed by atoms with Crippen molar-refractivity contribution in [3.8, 4) is 0 Å². The summed E-state index contributed by atoms with van der Waals surface area (Å²) in [6.45, 7) is 8.08. The maximum Gasteiger partial charge on any atom is 0.0639 e. The van der Waals surface area contributed by atoms with Crippen LogP contribution >= 0.6 is 0 Å². The molecule has 12 heavy (non-hydrogen) atoms. The van der Waals surface area contributed by atoms with Gasteiger partial charge in [0.05, 0.1) is 6.10 Å². The van der Waals surface area contributed by atoms with Crippen molar-refractivity contribution in [3.63, 3.8) is 0 Å². The first-order valence-electron chi connectivity index (χ1n) is 4.87. The van der Waals surface area contributed by atoms with Crippen LogP contribution in [0.1, 0.15) is 20.3 Å². The van der Waals surface area contributed by atoms with Crippen LogP contribution in [-0.4, -0.2) is 48.3 Å². The Kier molecular flexibility index (Phi) is 3.98. The fourth-order valence-electron chi connectivity index (χ4n) is 1.79. The summed E-state index contributed by atoms with van der Waals surface area (Å²) in [4.78, 5) is 2.38. The van der Waals surface area contributed by atoms with E-state index >= 15 is 0 Å². The first-order valence-corrected chi connectivity index (χ1v) is 4.87. The number of nitrogens with zero attached hydrogens (tertiary/aromatic N) is 1. The van der Waals surface area contributed by atoms with Crippen LogP contribution in [0.15, 0.2) is 0 Å². The molecule has 2 atom stereocenters. The van der Waals surface area contributed by atoms with Gasteiger partial charge in [0.15, 0.2) is 0 Å². The van der Waals surface area contributed by atoms with Crippen LogP contribution in [0.2, 0.25) is 0 Å². The zero-order valence-electron chi connectivity index (χ0n) is 8.08. The third kappa shape index (κ3) is 2.73. The number of β-amino-alcohol motifs (C(OH)–C–C–N with tert-alkyl or cyclic N) is 1. The molecule has 1 saturated heterocycles. The van der Waals surface area contributed by atoms with E-state index in [1.54, 1.807) is 0 Å². The predicted octanol–water partition coefficient (Wildman–Crippen LogP) is 0.0510. The van der Waals surface area contributed by atoms with E-state index in [0.29, 0.717) is 6.04 Å². The zero-order valence-corrected chi connectivity index (χ0v) is 8.08. The van der Waals surface area contributed by atoms with E-state index in [4.69, 9.17) is 0 Å².